The summed E-state index contributed by atoms with van der Waals surface area (Å²) in [7, 11) is 2.17. The van der Waals surface area contributed by atoms with E-state index in [2.05, 4.69) is 27.1 Å². The molecule has 5 nitrogen and oxygen atoms in total. The molecule has 5 heteroatoms. The van der Waals surface area contributed by atoms with Gasteiger partial charge in [0.1, 0.15) is 0 Å². The van der Waals surface area contributed by atoms with Gasteiger partial charge in [0.05, 0.1) is 11.1 Å². The number of aromatic nitrogens is 1. The Kier molecular flexibility index (Phi) is 5.66. The van der Waals surface area contributed by atoms with Crippen LogP contribution >= 0.6 is 0 Å². The number of para-hydroxylation sites is 1. The maximum Gasteiger partial charge on any atom is 0.252 e. The summed E-state index contributed by atoms with van der Waals surface area (Å²) < 4.78 is 0. The number of likely N-dealkylation sites (N-methyl/N-ethyl adjacent to an activating group) is 1. The highest BCUT2D eigenvalue weighted by atomic mass is 16.1. The number of fused-ring (bicyclic) bond motifs is 1. The lowest BCUT2D eigenvalue weighted by molar-refractivity contribution is 0.0951. The highest BCUT2D eigenvalue weighted by molar-refractivity contribution is 6.06. The van der Waals surface area contributed by atoms with Gasteiger partial charge in [0, 0.05) is 43.8 Å². The summed E-state index contributed by atoms with van der Waals surface area (Å²) in [5, 5.41) is 4.01. The zero-order valence-corrected chi connectivity index (χ0v) is 15.5. The van der Waals surface area contributed by atoms with Gasteiger partial charge in [-0.3, -0.25) is 9.78 Å². The van der Waals surface area contributed by atoms with Crippen LogP contribution in [0.1, 0.15) is 28.0 Å². The second-order valence-corrected chi connectivity index (χ2v) is 7.04. The maximum absolute atomic E-state index is 12.7. The van der Waals surface area contributed by atoms with Crippen LogP contribution in [0.25, 0.3) is 10.9 Å². The van der Waals surface area contributed by atoms with Crippen molar-refractivity contribution in [1.29, 1.82) is 0 Å². The van der Waals surface area contributed by atoms with E-state index in [0.717, 1.165) is 66.9 Å². The fourth-order valence-corrected chi connectivity index (χ4v) is 3.38. The Bertz CT molecular complexity index is 751. The average molecular weight is 340 g/mol. The molecule has 2 aromatic rings. The topological polar surface area (TPSA) is 48.5 Å². The van der Waals surface area contributed by atoms with Gasteiger partial charge in [-0.2, -0.15) is 0 Å². The summed E-state index contributed by atoms with van der Waals surface area (Å²) in [6, 6.07) is 7.89. The van der Waals surface area contributed by atoms with Crippen molar-refractivity contribution in [2.24, 2.45) is 0 Å². The van der Waals surface area contributed by atoms with Gasteiger partial charge in [-0.15, -0.1) is 0 Å². The molecule has 0 saturated carbocycles. The Morgan fingerprint density at radius 2 is 1.96 bits per heavy atom. The summed E-state index contributed by atoms with van der Waals surface area (Å²) in [5.74, 6) is -0.000484. The third-order valence-corrected chi connectivity index (χ3v) is 4.95. The third kappa shape index (κ3) is 4.35. The lowest BCUT2D eigenvalue weighted by Crippen LogP contribution is -2.45. The van der Waals surface area contributed by atoms with E-state index in [9.17, 15) is 4.79 Å². The maximum atomic E-state index is 12.7. The summed E-state index contributed by atoms with van der Waals surface area (Å²) in [5.41, 5.74) is 3.63. The number of pyridine rings is 1. The molecule has 25 heavy (non-hydrogen) atoms. The number of piperazine rings is 1. The van der Waals surface area contributed by atoms with Crippen LogP contribution in [0, 0.1) is 13.8 Å². The Labute approximate surface area is 150 Å². The van der Waals surface area contributed by atoms with E-state index < -0.39 is 0 Å². The molecule has 1 N–H and O–H groups in total. The third-order valence-electron chi connectivity index (χ3n) is 4.95. The Morgan fingerprint density at radius 3 is 2.72 bits per heavy atom. The molecule has 0 spiro atoms. The van der Waals surface area contributed by atoms with Crippen LogP contribution in [-0.4, -0.2) is 67.0 Å². The molecular formula is C20H28N4O. The monoisotopic (exact) mass is 340 g/mol. The van der Waals surface area contributed by atoms with E-state index in [1.165, 1.54) is 0 Å². The number of carbonyl (C=O) groups excluding carboxylic acids is 1. The first-order chi connectivity index (χ1) is 12.0. The minimum atomic E-state index is -0.000484. The fourth-order valence-electron chi connectivity index (χ4n) is 3.38. The second-order valence-electron chi connectivity index (χ2n) is 7.04. The average Bonchev–Trinajstić information content (AvgIpc) is 2.60. The molecule has 0 atom stereocenters. The highest BCUT2D eigenvalue weighted by Gasteiger charge is 2.14. The van der Waals surface area contributed by atoms with Crippen molar-refractivity contribution in [3.63, 3.8) is 0 Å². The largest absolute Gasteiger partial charge is 0.352 e. The van der Waals surface area contributed by atoms with Crippen molar-refractivity contribution < 1.29 is 4.79 Å². The predicted molar refractivity (Wildman–Crippen MR) is 102 cm³/mol. The van der Waals surface area contributed by atoms with E-state index in [1.807, 2.05) is 38.1 Å². The molecule has 1 fully saturated rings. The molecule has 1 aliphatic heterocycles. The van der Waals surface area contributed by atoms with Crippen LogP contribution in [0.15, 0.2) is 24.3 Å². The normalized spacial score (nSPS) is 16.3. The molecular weight excluding hydrogens is 312 g/mol. The van der Waals surface area contributed by atoms with Crippen LogP contribution in [0.3, 0.4) is 0 Å². The van der Waals surface area contributed by atoms with E-state index in [1.54, 1.807) is 0 Å². The highest BCUT2D eigenvalue weighted by Crippen LogP contribution is 2.21. The van der Waals surface area contributed by atoms with Gasteiger partial charge in [-0.05, 0) is 45.5 Å². The lowest BCUT2D eigenvalue weighted by Gasteiger charge is -2.32. The molecule has 1 saturated heterocycles. The minimum Gasteiger partial charge on any atom is -0.352 e. The van der Waals surface area contributed by atoms with Crippen LogP contribution in [-0.2, 0) is 0 Å². The number of aryl methyl sites for hydroxylation is 2. The molecule has 1 aromatic heterocycles. The van der Waals surface area contributed by atoms with Crippen LogP contribution in [0.4, 0.5) is 0 Å². The number of amides is 1. The molecule has 0 radical (unpaired) electrons. The van der Waals surface area contributed by atoms with Gasteiger partial charge in [-0.1, -0.05) is 18.2 Å². The number of rotatable bonds is 5. The van der Waals surface area contributed by atoms with Crippen LogP contribution in [0.5, 0.6) is 0 Å². The quantitative estimate of drug-likeness (QED) is 0.848. The predicted octanol–water partition coefficient (Wildman–Crippen LogP) is 2.22. The number of nitrogens with zero attached hydrogens (tertiary/aromatic N) is 3. The van der Waals surface area contributed by atoms with Gasteiger partial charge >= 0.3 is 0 Å². The van der Waals surface area contributed by atoms with Crippen molar-refractivity contribution in [1.82, 2.24) is 20.1 Å². The molecule has 1 aliphatic rings. The van der Waals surface area contributed by atoms with Crippen molar-refractivity contribution in [2.45, 2.75) is 20.3 Å². The summed E-state index contributed by atoms with van der Waals surface area (Å²) in [6.45, 7) is 10.2. The van der Waals surface area contributed by atoms with E-state index in [4.69, 9.17) is 0 Å². The minimum absolute atomic E-state index is 0.000484. The Hall–Kier alpha value is -1.98. The SMILES string of the molecule is Cc1cc(C(=O)NCCCN2CCN(C)CC2)c2cccc(C)c2n1. The first-order valence-corrected chi connectivity index (χ1v) is 9.10. The molecule has 2 heterocycles. The first-order valence-electron chi connectivity index (χ1n) is 9.10. The van der Waals surface area contributed by atoms with Crippen LogP contribution < -0.4 is 5.32 Å². The van der Waals surface area contributed by atoms with E-state index in [-0.39, 0.29) is 5.91 Å². The molecule has 1 amide bonds. The summed E-state index contributed by atoms with van der Waals surface area (Å²) >= 11 is 0. The van der Waals surface area contributed by atoms with Crippen LogP contribution in [0.2, 0.25) is 0 Å². The molecule has 0 unspecified atom stereocenters. The van der Waals surface area contributed by atoms with Crippen molar-refractivity contribution in [3.05, 3.63) is 41.1 Å². The van der Waals surface area contributed by atoms with E-state index in [0.29, 0.717) is 6.54 Å². The second kappa shape index (κ2) is 7.93. The number of nitrogens with one attached hydrogen (secondary N) is 1. The molecule has 0 aliphatic carbocycles. The van der Waals surface area contributed by atoms with Gasteiger partial charge in [0.15, 0.2) is 0 Å². The first kappa shape index (κ1) is 17.8. The summed E-state index contributed by atoms with van der Waals surface area (Å²) in [4.78, 5) is 22.1. The molecule has 0 bridgehead atoms. The molecule has 134 valence electrons. The van der Waals surface area contributed by atoms with Crippen molar-refractivity contribution in [3.8, 4) is 0 Å². The van der Waals surface area contributed by atoms with Gasteiger partial charge in [0.25, 0.3) is 5.91 Å². The number of hydrogen-bond acceptors (Lipinski definition) is 4. The number of benzene rings is 1. The molecule has 1 aromatic carbocycles. The van der Waals surface area contributed by atoms with Gasteiger partial charge in [-0.25, -0.2) is 0 Å². The van der Waals surface area contributed by atoms with Crippen molar-refractivity contribution in [2.75, 3.05) is 46.3 Å². The van der Waals surface area contributed by atoms with E-state index >= 15 is 0 Å². The number of hydrogen-bond donors (Lipinski definition) is 1. The van der Waals surface area contributed by atoms with Gasteiger partial charge < -0.3 is 15.1 Å². The standard InChI is InChI=1S/C20H28N4O/c1-15-6-4-7-17-18(14-16(2)22-19(15)17)20(25)21-8-5-9-24-12-10-23(3)11-13-24/h4,6-7,14H,5,8-13H2,1-3H3,(H,21,25). The number of carbonyl (C=O) groups is 1. The Balaban J connectivity index is 1.58. The zero-order valence-electron chi connectivity index (χ0n) is 15.5. The Morgan fingerprint density at radius 1 is 1.20 bits per heavy atom. The zero-order chi connectivity index (χ0) is 17.8. The lowest BCUT2D eigenvalue weighted by atomic mass is 10.0. The smallest absolute Gasteiger partial charge is 0.252 e. The summed E-state index contributed by atoms with van der Waals surface area (Å²) in [6.07, 6.45) is 0.983. The van der Waals surface area contributed by atoms with Crippen molar-refractivity contribution >= 4 is 16.8 Å². The van der Waals surface area contributed by atoms with Gasteiger partial charge in [0.2, 0.25) is 0 Å². The molecule has 3 rings (SSSR count). The fraction of sp³-hybridized carbons (Fsp3) is 0.500.